The van der Waals surface area contributed by atoms with Crippen molar-refractivity contribution in [2.75, 3.05) is 26.8 Å². The summed E-state index contributed by atoms with van der Waals surface area (Å²) in [5, 5.41) is 10.0. The Morgan fingerprint density at radius 3 is 2.21 bits per heavy atom. The lowest BCUT2D eigenvalue weighted by atomic mass is 9.73. The minimum atomic E-state index is -0.261. The Hall–Kier alpha value is -3.64. The zero-order valence-corrected chi connectivity index (χ0v) is 18.4. The molecule has 0 aromatic heterocycles. The summed E-state index contributed by atoms with van der Waals surface area (Å²) >= 11 is 0. The summed E-state index contributed by atoms with van der Waals surface area (Å²) < 4.78 is 5.23. The Bertz CT molecular complexity index is 1150. The Morgan fingerprint density at radius 1 is 0.970 bits per heavy atom. The van der Waals surface area contributed by atoms with E-state index < -0.39 is 0 Å². The first-order valence-corrected chi connectivity index (χ1v) is 11.1. The summed E-state index contributed by atoms with van der Waals surface area (Å²) in [5.41, 5.74) is 3.81. The molecule has 2 aliphatic rings. The number of piperazine rings is 1. The highest BCUT2D eigenvalue weighted by atomic mass is 16.5. The quantitative estimate of drug-likeness (QED) is 0.659. The van der Waals surface area contributed by atoms with Crippen LogP contribution in [-0.4, -0.2) is 65.6 Å². The summed E-state index contributed by atoms with van der Waals surface area (Å²) in [7, 11) is 1.65. The van der Waals surface area contributed by atoms with Crippen LogP contribution in [0.15, 0.2) is 78.9 Å². The molecule has 2 amide bonds. The molecule has 0 unspecified atom stereocenters. The molecule has 168 valence electrons. The van der Waals surface area contributed by atoms with Crippen molar-refractivity contribution in [1.82, 2.24) is 9.80 Å². The molecule has 6 nitrogen and oxygen atoms in total. The zero-order chi connectivity index (χ0) is 22.9. The van der Waals surface area contributed by atoms with E-state index in [-0.39, 0.29) is 43.0 Å². The van der Waals surface area contributed by atoms with E-state index in [2.05, 4.69) is 24.3 Å². The van der Waals surface area contributed by atoms with E-state index in [9.17, 15) is 14.7 Å². The number of aliphatic hydroxyl groups is 1. The van der Waals surface area contributed by atoms with Gasteiger partial charge >= 0.3 is 0 Å². The van der Waals surface area contributed by atoms with Crippen molar-refractivity contribution in [2.45, 2.75) is 18.0 Å². The second-order valence-corrected chi connectivity index (χ2v) is 8.55. The number of carbonyl (C=O) groups is 2. The highest BCUT2D eigenvalue weighted by molar-refractivity contribution is 5.97. The Morgan fingerprint density at radius 2 is 1.61 bits per heavy atom. The van der Waals surface area contributed by atoms with E-state index in [1.165, 1.54) is 0 Å². The van der Waals surface area contributed by atoms with Crippen molar-refractivity contribution in [1.29, 1.82) is 0 Å². The van der Waals surface area contributed by atoms with Gasteiger partial charge in [-0.1, -0.05) is 54.6 Å². The topological polar surface area (TPSA) is 70.1 Å². The highest BCUT2D eigenvalue weighted by Gasteiger charge is 2.54. The van der Waals surface area contributed by atoms with Crippen molar-refractivity contribution in [3.8, 4) is 16.9 Å². The largest absolute Gasteiger partial charge is 0.497 e. The fourth-order valence-corrected chi connectivity index (χ4v) is 5.10. The molecule has 1 N–H and O–H groups in total. The third-order valence-electron chi connectivity index (χ3n) is 6.78. The fourth-order valence-electron chi connectivity index (χ4n) is 5.10. The first-order chi connectivity index (χ1) is 16.1. The maximum absolute atomic E-state index is 13.0. The van der Waals surface area contributed by atoms with Gasteiger partial charge in [0.25, 0.3) is 5.91 Å². The minimum Gasteiger partial charge on any atom is -0.497 e. The molecule has 6 heteroatoms. The lowest BCUT2D eigenvalue weighted by molar-refractivity contribution is -0.159. The van der Waals surface area contributed by atoms with Crippen LogP contribution >= 0.6 is 0 Å². The van der Waals surface area contributed by atoms with Gasteiger partial charge in [0.15, 0.2) is 0 Å². The van der Waals surface area contributed by atoms with Crippen LogP contribution in [0.3, 0.4) is 0 Å². The SMILES string of the molecule is COc1ccc(-c2ccc([C@@H]3[C@H](CO)N4C(=O)CN(C(=O)c5ccccc5)C[C@@H]34)cc2)cc1. The standard InChI is InChI=1S/C27H26N2O4/c1-33-22-13-11-19(12-14-22)18-7-9-20(10-8-18)26-23-15-28(16-25(31)29(23)24(26)17-30)27(32)21-5-3-2-4-6-21/h2-14,23-24,26,30H,15-17H2,1H3/t23-,24-,26-/m0/s1. The lowest BCUT2D eigenvalue weighted by Crippen LogP contribution is -2.73. The number of fused-ring (bicyclic) bond motifs is 1. The predicted molar refractivity (Wildman–Crippen MR) is 125 cm³/mol. The number of benzene rings is 3. The van der Waals surface area contributed by atoms with Gasteiger partial charge in [-0.3, -0.25) is 9.59 Å². The average Bonchev–Trinajstić information content (AvgIpc) is 2.86. The van der Waals surface area contributed by atoms with Crippen LogP contribution < -0.4 is 4.74 Å². The number of carbonyl (C=O) groups excluding carboxylic acids is 2. The number of ether oxygens (including phenoxy) is 1. The number of aliphatic hydroxyl groups excluding tert-OH is 1. The van der Waals surface area contributed by atoms with Crippen LogP contribution in [0.4, 0.5) is 0 Å². The smallest absolute Gasteiger partial charge is 0.254 e. The number of hydrogen-bond acceptors (Lipinski definition) is 4. The van der Waals surface area contributed by atoms with E-state index in [4.69, 9.17) is 4.74 Å². The molecule has 2 saturated heterocycles. The Balaban J connectivity index is 1.37. The average molecular weight is 443 g/mol. The molecule has 2 heterocycles. The van der Waals surface area contributed by atoms with E-state index in [1.807, 2.05) is 42.5 Å². The molecule has 2 fully saturated rings. The van der Waals surface area contributed by atoms with Crippen molar-refractivity contribution in [3.05, 3.63) is 90.0 Å². The molecule has 33 heavy (non-hydrogen) atoms. The van der Waals surface area contributed by atoms with E-state index in [0.29, 0.717) is 12.1 Å². The zero-order valence-electron chi connectivity index (χ0n) is 18.4. The third kappa shape index (κ3) is 3.76. The first kappa shape index (κ1) is 21.2. The van der Waals surface area contributed by atoms with Crippen molar-refractivity contribution in [3.63, 3.8) is 0 Å². The molecule has 2 aliphatic heterocycles. The highest BCUT2D eigenvalue weighted by Crippen LogP contribution is 2.43. The Kier molecular flexibility index (Phi) is 5.60. The summed E-state index contributed by atoms with van der Waals surface area (Å²) in [6, 6.07) is 24.8. The lowest BCUT2D eigenvalue weighted by Gasteiger charge is -2.58. The van der Waals surface area contributed by atoms with Crippen LogP contribution in [0, 0.1) is 0 Å². The van der Waals surface area contributed by atoms with E-state index in [0.717, 1.165) is 22.4 Å². The molecule has 5 rings (SSSR count). The van der Waals surface area contributed by atoms with E-state index >= 15 is 0 Å². The number of rotatable bonds is 5. The molecule has 3 atom stereocenters. The normalized spacial score (nSPS) is 21.9. The molecular weight excluding hydrogens is 416 g/mol. The summed E-state index contributed by atoms with van der Waals surface area (Å²) in [4.78, 5) is 29.2. The molecular formula is C27H26N2O4. The van der Waals surface area contributed by atoms with Crippen molar-refractivity contribution >= 4 is 11.8 Å². The number of amides is 2. The second kappa shape index (κ2) is 8.71. The number of nitrogens with zero attached hydrogens (tertiary/aromatic N) is 2. The van der Waals surface area contributed by atoms with Crippen LogP contribution in [0.25, 0.3) is 11.1 Å². The molecule has 0 spiro atoms. The van der Waals surface area contributed by atoms with Crippen molar-refractivity contribution in [2.24, 2.45) is 0 Å². The van der Waals surface area contributed by atoms with Crippen LogP contribution in [0.1, 0.15) is 21.8 Å². The fraction of sp³-hybridized carbons (Fsp3) is 0.259. The van der Waals surface area contributed by atoms with Crippen molar-refractivity contribution < 1.29 is 19.4 Å². The molecule has 3 aromatic rings. The van der Waals surface area contributed by atoms with Gasteiger partial charge in [0.05, 0.1) is 25.8 Å². The van der Waals surface area contributed by atoms with Gasteiger partial charge in [-0.2, -0.15) is 0 Å². The van der Waals surface area contributed by atoms with Gasteiger partial charge in [0, 0.05) is 18.0 Å². The molecule has 0 saturated carbocycles. The first-order valence-electron chi connectivity index (χ1n) is 11.1. The maximum Gasteiger partial charge on any atom is 0.254 e. The summed E-state index contributed by atoms with van der Waals surface area (Å²) in [6.45, 7) is 0.407. The van der Waals surface area contributed by atoms with Gasteiger partial charge in [-0.15, -0.1) is 0 Å². The predicted octanol–water partition coefficient (Wildman–Crippen LogP) is 3.17. The van der Waals surface area contributed by atoms with E-state index in [1.54, 1.807) is 29.0 Å². The maximum atomic E-state index is 13.0. The van der Waals surface area contributed by atoms with Gasteiger partial charge in [0.1, 0.15) is 12.3 Å². The summed E-state index contributed by atoms with van der Waals surface area (Å²) in [6.07, 6.45) is 0. The Labute approximate surface area is 193 Å². The van der Waals surface area contributed by atoms with Gasteiger partial charge in [-0.05, 0) is 41.0 Å². The number of methoxy groups -OCH3 is 1. The summed E-state index contributed by atoms with van der Waals surface area (Å²) in [5.74, 6) is 0.549. The van der Waals surface area contributed by atoms with Gasteiger partial charge in [-0.25, -0.2) is 0 Å². The molecule has 0 radical (unpaired) electrons. The molecule has 3 aromatic carbocycles. The third-order valence-corrected chi connectivity index (χ3v) is 6.78. The van der Waals surface area contributed by atoms with Gasteiger partial charge in [0.2, 0.25) is 5.91 Å². The van der Waals surface area contributed by atoms with Gasteiger partial charge < -0.3 is 19.6 Å². The van der Waals surface area contributed by atoms with Crippen LogP contribution in [-0.2, 0) is 4.79 Å². The second-order valence-electron chi connectivity index (χ2n) is 8.55. The number of hydrogen-bond donors (Lipinski definition) is 1. The van der Waals surface area contributed by atoms with Crippen LogP contribution in [0.5, 0.6) is 5.75 Å². The minimum absolute atomic E-state index is 0.0183. The monoisotopic (exact) mass is 442 g/mol. The molecule has 0 bridgehead atoms. The molecule has 0 aliphatic carbocycles. The van der Waals surface area contributed by atoms with Crippen LogP contribution in [0.2, 0.25) is 0 Å².